The maximum absolute atomic E-state index is 5.70. The van der Waals surface area contributed by atoms with E-state index in [9.17, 15) is 0 Å². The van der Waals surface area contributed by atoms with Crippen molar-refractivity contribution in [3.63, 3.8) is 0 Å². The Morgan fingerprint density at radius 1 is 1.11 bits per heavy atom. The first-order valence-electron chi connectivity index (χ1n) is 10.4. The van der Waals surface area contributed by atoms with E-state index >= 15 is 0 Å². The Morgan fingerprint density at radius 2 is 1.93 bits per heavy atom. The van der Waals surface area contributed by atoms with Gasteiger partial charge in [0, 0.05) is 31.1 Å². The molecule has 6 nitrogen and oxygen atoms in total. The lowest BCUT2D eigenvalue weighted by molar-refractivity contribution is 0.197. The maximum Gasteiger partial charge on any atom is 0.147 e. The van der Waals surface area contributed by atoms with Crippen LogP contribution in [0.3, 0.4) is 0 Å². The van der Waals surface area contributed by atoms with E-state index in [4.69, 9.17) is 4.74 Å². The fraction of sp³-hybridized carbons (Fsp3) is 0.619. The summed E-state index contributed by atoms with van der Waals surface area (Å²) in [7, 11) is 1.80. The quantitative estimate of drug-likeness (QED) is 0.898. The molecule has 3 aliphatic rings. The number of nitrogens with one attached hydrogen (secondary N) is 1. The average molecular weight is 367 g/mol. The number of likely N-dealkylation sites (tertiary alicyclic amines) is 1. The van der Waals surface area contributed by atoms with Crippen molar-refractivity contribution in [3.05, 3.63) is 40.5 Å². The van der Waals surface area contributed by atoms with E-state index in [0.717, 1.165) is 50.8 Å². The van der Waals surface area contributed by atoms with Crippen LogP contribution in [-0.4, -0.2) is 46.4 Å². The molecule has 5 rings (SSSR count). The summed E-state index contributed by atoms with van der Waals surface area (Å²) in [6, 6.07) is 4.68. The van der Waals surface area contributed by atoms with Gasteiger partial charge in [0.2, 0.25) is 0 Å². The third-order valence-corrected chi connectivity index (χ3v) is 6.49. The number of ether oxygens (including phenoxy) is 1. The Morgan fingerprint density at radius 3 is 2.74 bits per heavy atom. The van der Waals surface area contributed by atoms with Crippen LogP contribution in [0.1, 0.15) is 53.5 Å². The summed E-state index contributed by atoms with van der Waals surface area (Å²) in [5.74, 6) is 3.92. The fourth-order valence-corrected chi connectivity index (χ4v) is 4.97. The number of benzene rings is 1. The number of aromatic nitrogens is 3. The van der Waals surface area contributed by atoms with E-state index < -0.39 is 0 Å². The molecule has 0 radical (unpaired) electrons. The molecule has 1 saturated heterocycles. The summed E-state index contributed by atoms with van der Waals surface area (Å²) < 4.78 is 8.05. The van der Waals surface area contributed by atoms with Gasteiger partial charge >= 0.3 is 0 Å². The van der Waals surface area contributed by atoms with Crippen molar-refractivity contribution in [3.8, 4) is 5.75 Å². The zero-order valence-corrected chi connectivity index (χ0v) is 16.2. The number of piperidine rings is 1. The third kappa shape index (κ3) is 3.25. The molecule has 0 spiro atoms. The minimum absolute atomic E-state index is 0.544. The zero-order chi connectivity index (χ0) is 18.2. The van der Waals surface area contributed by atoms with Crippen LogP contribution in [0.15, 0.2) is 12.1 Å². The Balaban J connectivity index is 1.26. The molecule has 0 unspecified atom stereocenters. The predicted molar refractivity (Wildman–Crippen MR) is 104 cm³/mol. The van der Waals surface area contributed by atoms with Gasteiger partial charge in [-0.1, -0.05) is 6.07 Å². The Bertz CT molecular complexity index is 822. The molecule has 1 aromatic heterocycles. The van der Waals surface area contributed by atoms with E-state index in [2.05, 4.69) is 37.1 Å². The molecule has 1 fully saturated rings. The first-order valence-corrected chi connectivity index (χ1v) is 10.4. The molecule has 0 amide bonds. The number of fused-ring (bicyclic) bond motifs is 2. The van der Waals surface area contributed by atoms with Crippen molar-refractivity contribution in [2.75, 3.05) is 26.7 Å². The Labute approximate surface area is 160 Å². The molecule has 2 aliphatic heterocycles. The highest BCUT2D eigenvalue weighted by atomic mass is 16.5. The molecule has 3 heterocycles. The number of rotatable bonds is 4. The normalized spacial score (nSPS) is 20.5. The van der Waals surface area contributed by atoms with Gasteiger partial charge in [-0.2, -0.15) is 0 Å². The predicted octanol–water partition coefficient (Wildman–Crippen LogP) is 2.26. The first-order chi connectivity index (χ1) is 13.3. The molecule has 144 valence electrons. The number of hydrogen-bond donors (Lipinski definition) is 1. The van der Waals surface area contributed by atoms with Crippen molar-refractivity contribution >= 4 is 0 Å². The summed E-state index contributed by atoms with van der Waals surface area (Å²) in [4.78, 5) is 2.57. The van der Waals surface area contributed by atoms with E-state index in [-0.39, 0.29) is 0 Å². The second-order valence-corrected chi connectivity index (χ2v) is 8.14. The molecule has 0 saturated carbocycles. The minimum atomic E-state index is 0.544. The molecular weight excluding hydrogens is 338 g/mol. The van der Waals surface area contributed by atoms with Crippen molar-refractivity contribution in [1.82, 2.24) is 25.0 Å². The molecule has 27 heavy (non-hydrogen) atoms. The second-order valence-electron chi connectivity index (χ2n) is 8.14. The van der Waals surface area contributed by atoms with E-state index in [0.29, 0.717) is 5.92 Å². The maximum atomic E-state index is 5.70. The molecule has 1 aliphatic carbocycles. The zero-order valence-electron chi connectivity index (χ0n) is 16.2. The monoisotopic (exact) mass is 367 g/mol. The molecule has 1 aromatic carbocycles. The molecule has 0 bridgehead atoms. The molecule has 2 aromatic rings. The van der Waals surface area contributed by atoms with Gasteiger partial charge in [-0.15, -0.1) is 10.2 Å². The number of nitrogens with zero attached hydrogens (tertiary/aromatic N) is 4. The lowest BCUT2D eigenvalue weighted by Gasteiger charge is -2.32. The van der Waals surface area contributed by atoms with Gasteiger partial charge in [0.05, 0.1) is 13.7 Å². The molecule has 0 atom stereocenters. The van der Waals surface area contributed by atoms with Crippen LogP contribution in [0, 0.1) is 0 Å². The van der Waals surface area contributed by atoms with E-state index in [1.807, 2.05) is 0 Å². The Kier molecular flexibility index (Phi) is 4.61. The van der Waals surface area contributed by atoms with Gasteiger partial charge in [-0.25, -0.2) is 0 Å². The van der Waals surface area contributed by atoms with Gasteiger partial charge in [0.1, 0.15) is 17.4 Å². The van der Waals surface area contributed by atoms with Crippen LogP contribution in [-0.2, 0) is 32.5 Å². The molecule has 6 heteroatoms. The lowest BCUT2D eigenvalue weighted by Crippen LogP contribution is -2.34. The largest absolute Gasteiger partial charge is 0.496 e. The van der Waals surface area contributed by atoms with Crippen LogP contribution in [0.25, 0.3) is 0 Å². The van der Waals surface area contributed by atoms with Crippen molar-refractivity contribution < 1.29 is 4.74 Å². The minimum Gasteiger partial charge on any atom is -0.496 e. The van der Waals surface area contributed by atoms with Gasteiger partial charge < -0.3 is 14.6 Å². The summed E-state index contributed by atoms with van der Waals surface area (Å²) in [5.41, 5.74) is 4.37. The van der Waals surface area contributed by atoms with Gasteiger partial charge in [0.15, 0.2) is 0 Å². The smallest absolute Gasteiger partial charge is 0.147 e. The topological polar surface area (TPSA) is 55.2 Å². The van der Waals surface area contributed by atoms with Gasteiger partial charge in [0.25, 0.3) is 0 Å². The highest BCUT2D eigenvalue weighted by molar-refractivity contribution is 5.44. The highest BCUT2D eigenvalue weighted by Crippen LogP contribution is 2.33. The van der Waals surface area contributed by atoms with Crippen LogP contribution in [0.2, 0.25) is 0 Å². The molecular formula is C21H29N5O. The van der Waals surface area contributed by atoms with E-state index in [1.54, 1.807) is 7.11 Å². The van der Waals surface area contributed by atoms with Crippen LogP contribution < -0.4 is 10.1 Å². The number of aryl methyl sites for hydroxylation is 2. The third-order valence-electron chi connectivity index (χ3n) is 6.49. The lowest BCUT2D eigenvalue weighted by atomic mass is 9.95. The number of methoxy groups -OCH3 is 1. The van der Waals surface area contributed by atoms with Gasteiger partial charge in [-0.3, -0.25) is 4.90 Å². The van der Waals surface area contributed by atoms with Crippen molar-refractivity contribution in [2.24, 2.45) is 0 Å². The number of hydrogen-bond acceptors (Lipinski definition) is 5. The molecule has 1 N–H and O–H groups in total. The standard InChI is InChI=1S/C21H29N5O/c1-27-19-12-17-4-2-3-16(17)11-18(19)14-25-8-5-15(6-9-25)21-24-23-20-13-22-7-10-26(20)21/h11-12,15,22H,2-10,13-14H2,1H3. The fourth-order valence-electron chi connectivity index (χ4n) is 4.97. The second kappa shape index (κ2) is 7.24. The average Bonchev–Trinajstić information content (AvgIpc) is 3.34. The highest BCUT2D eigenvalue weighted by Gasteiger charge is 2.27. The van der Waals surface area contributed by atoms with Gasteiger partial charge in [-0.05, 0) is 62.4 Å². The van der Waals surface area contributed by atoms with Crippen LogP contribution >= 0.6 is 0 Å². The SMILES string of the molecule is COc1cc2c(cc1CN1CCC(c3nnc4n3CCNC4)CC1)CCC2. The van der Waals surface area contributed by atoms with E-state index in [1.165, 1.54) is 54.6 Å². The summed E-state index contributed by atoms with van der Waals surface area (Å²) in [6.45, 7) is 6.10. The van der Waals surface area contributed by atoms with Crippen LogP contribution in [0.5, 0.6) is 5.75 Å². The summed E-state index contributed by atoms with van der Waals surface area (Å²) >= 11 is 0. The van der Waals surface area contributed by atoms with Crippen LogP contribution in [0.4, 0.5) is 0 Å². The summed E-state index contributed by atoms with van der Waals surface area (Å²) in [6.07, 6.45) is 6.04. The van der Waals surface area contributed by atoms with Crippen molar-refractivity contribution in [2.45, 2.75) is 57.7 Å². The summed E-state index contributed by atoms with van der Waals surface area (Å²) in [5, 5.41) is 12.3. The van der Waals surface area contributed by atoms with Crippen molar-refractivity contribution in [1.29, 1.82) is 0 Å². The first kappa shape index (κ1) is 17.2. The Hall–Kier alpha value is -1.92.